The van der Waals surface area contributed by atoms with Crippen molar-refractivity contribution in [2.24, 2.45) is 0 Å². The summed E-state index contributed by atoms with van der Waals surface area (Å²) in [5, 5.41) is 0.978. The number of aromatic nitrogens is 1. The van der Waals surface area contributed by atoms with Crippen molar-refractivity contribution in [2.45, 2.75) is 43.9 Å². The maximum Gasteiger partial charge on any atom is 0.410 e. The van der Waals surface area contributed by atoms with E-state index in [-0.39, 0.29) is 28.9 Å². The lowest BCUT2D eigenvalue weighted by Crippen LogP contribution is -2.56. The summed E-state index contributed by atoms with van der Waals surface area (Å²) < 4.78 is 51.6. The first-order valence-electron chi connectivity index (χ1n) is 14.9. The molecular formula is C34H37FN4O6S. The summed E-state index contributed by atoms with van der Waals surface area (Å²) in [4.78, 5) is 35.9. The largest absolute Gasteiger partial charge is 0.444 e. The smallest absolute Gasteiger partial charge is 0.410 e. The van der Waals surface area contributed by atoms with E-state index >= 15 is 0 Å². The first-order chi connectivity index (χ1) is 21.8. The van der Waals surface area contributed by atoms with Crippen LogP contribution in [0.3, 0.4) is 0 Å². The number of amides is 2. The zero-order chi connectivity index (χ0) is 33.1. The fraction of sp³-hybridized carbons (Fsp3) is 0.324. The number of anilines is 1. The van der Waals surface area contributed by atoms with Gasteiger partial charge in [0.15, 0.2) is 0 Å². The number of para-hydroxylation sites is 1. The van der Waals surface area contributed by atoms with Crippen LogP contribution in [0, 0.1) is 5.82 Å². The number of fused-ring (bicyclic) bond motifs is 1. The molecule has 5 rings (SSSR count). The lowest BCUT2D eigenvalue weighted by atomic mass is 10.0. The molecule has 46 heavy (non-hydrogen) atoms. The van der Waals surface area contributed by atoms with Gasteiger partial charge in [-0.05, 0) is 62.1 Å². The Balaban J connectivity index is 1.32. The third-order valence-corrected chi connectivity index (χ3v) is 8.86. The van der Waals surface area contributed by atoms with E-state index in [0.717, 1.165) is 0 Å². The molecule has 0 unspecified atom stereocenters. The zero-order valence-corrected chi connectivity index (χ0v) is 27.0. The summed E-state index contributed by atoms with van der Waals surface area (Å²) in [6.45, 7) is 6.80. The van der Waals surface area contributed by atoms with E-state index < -0.39 is 27.9 Å². The van der Waals surface area contributed by atoms with Crippen LogP contribution in [0.4, 0.5) is 14.9 Å². The third-order valence-electron chi connectivity index (χ3n) is 7.65. The summed E-state index contributed by atoms with van der Waals surface area (Å²) in [6, 6.07) is 20.6. The first kappa shape index (κ1) is 32.7. The minimum Gasteiger partial charge on any atom is -0.444 e. The van der Waals surface area contributed by atoms with Gasteiger partial charge >= 0.3 is 16.2 Å². The summed E-state index contributed by atoms with van der Waals surface area (Å²) >= 11 is 0. The fourth-order valence-electron chi connectivity index (χ4n) is 5.30. The normalized spacial score (nSPS) is 14.5. The molecular weight excluding hydrogens is 611 g/mol. The lowest BCUT2D eigenvalue weighted by Gasteiger charge is -2.39. The molecule has 1 aliphatic heterocycles. The Morgan fingerprint density at radius 3 is 2.26 bits per heavy atom. The van der Waals surface area contributed by atoms with Gasteiger partial charge in [-0.25, -0.2) is 14.2 Å². The van der Waals surface area contributed by atoms with Crippen LogP contribution in [-0.4, -0.2) is 80.1 Å². The van der Waals surface area contributed by atoms with Gasteiger partial charge in [0, 0.05) is 51.2 Å². The van der Waals surface area contributed by atoms with E-state index in [1.165, 1.54) is 36.3 Å². The zero-order valence-electron chi connectivity index (χ0n) is 26.2. The minimum absolute atomic E-state index is 0.0751. The average Bonchev–Trinajstić information content (AvgIpc) is 3.03. The van der Waals surface area contributed by atoms with Crippen LogP contribution in [-0.2, 0) is 26.1 Å². The molecule has 0 aliphatic carbocycles. The standard InChI is InChI=1S/C34H37FN4O6S/c1-34(2,3)44-33(41)37(4)30(32(40)39-21-19-38(20-22-39)29-12-8-7-11-28(29)35)23-24-13-15-26(16-14-24)45-46(42,43)31-27-10-6-5-9-25(27)17-18-36-31/h5-18,30H,19-23H2,1-4H3/t30-/m0/s1. The van der Waals surface area contributed by atoms with Gasteiger partial charge in [-0.1, -0.05) is 48.5 Å². The highest BCUT2D eigenvalue weighted by Gasteiger charge is 2.35. The quantitative estimate of drug-likeness (QED) is 0.238. The molecule has 2 amide bonds. The molecule has 242 valence electrons. The fourth-order valence-corrected chi connectivity index (χ4v) is 6.39. The molecule has 10 nitrogen and oxygen atoms in total. The minimum atomic E-state index is -4.24. The molecule has 3 aromatic carbocycles. The summed E-state index contributed by atoms with van der Waals surface area (Å²) in [7, 11) is -2.72. The lowest BCUT2D eigenvalue weighted by molar-refractivity contribution is -0.136. The molecule has 1 aliphatic rings. The van der Waals surface area contributed by atoms with E-state index in [0.29, 0.717) is 48.2 Å². The predicted molar refractivity (Wildman–Crippen MR) is 173 cm³/mol. The predicted octanol–water partition coefficient (Wildman–Crippen LogP) is 5.27. The van der Waals surface area contributed by atoms with Crippen molar-refractivity contribution < 1.29 is 31.3 Å². The van der Waals surface area contributed by atoms with E-state index in [9.17, 15) is 22.4 Å². The van der Waals surface area contributed by atoms with Gasteiger partial charge in [0.25, 0.3) is 0 Å². The van der Waals surface area contributed by atoms with E-state index in [4.69, 9.17) is 8.92 Å². The van der Waals surface area contributed by atoms with Crippen LogP contribution in [0.5, 0.6) is 5.75 Å². The summed E-state index contributed by atoms with van der Waals surface area (Å²) in [6.07, 6.45) is 0.907. The molecule has 4 aromatic rings. The van der Waals surface area contributed by atoms with Gasteiger partial charge in [-0.3, -0.25) is 9.69 Å². The Bertz CT molecular complexity index is 1810. The first-order valence-corrected chi connectivity index (χ1v) is 16.3. The van der Waals surface area contributed by atoms with Gasteiger partial charge in [-0.2, -0.15) is 8.42 Å². The SMILES string of the molecule is CN(C(=O)OC(C)(C)C)[C@@H](Cc1ccc(OS(=O)(=O)c2nccc3ccccc23)cc1)C(=O)N1CCN(c2ccccc2F)CC1. The Labute approximate surface area is 268 Å². The number of carbonyl (C=O) groups excluding carboxylic acids is 2. The van der Waals surface area contributed by atoms with Crippen molar-refractivity contribution in [1.29, 1.82) is 0 Å². The van der Waals surface area contributed by atoms with Crippen LogP contribution < -0.4 is 9.08 Å². The second kappa shape index (κ2) is 13.3. The third kappa shape index (κ3) is 7.56. The molecule has 0 spiro atoms. The van der Waals surface area contributed by atoms with Crippen molar-refractivity contribution in [2.75, 3.05) is 38.1 Å². The van der Waals surface area contributed by atoms with Crippen molar-refractivity contribution in [3.05, 3.63) is 96.4 Å². The van der Waals surface area contributed by atoms with Crippen molar-refractivity contribution in [3.8, 4) is 5.75 Å². The van der Waals surface area contributed by atoms with Gasteiger partial charge in [0.1, 0.15) is 23.2 Å². The van der Waals surface area contributed by atoms with Crippen LogP contribution in [0.25, 0.3) is 10.8 Å². The molecule has 1 saturated heterocycles. The number of hydrogen-bond donors (Lipinski definition) is 0. The Morgan fingerprint density at radius 1 is 0.935 bits per heavy atom. The Morgan fingerprint density at radius 2 is 1.59 bits per heavy atom. The molecule has 1 atom stereocenters. The van der Waals surface area contributed by atoms with Crippen LogP contribution >= 0.6 is 0 Å². The number of piperazine rings is 1. The topological polar surface area (TPSA) is 109 Å². The Hall–Kier alpha value is -4.71. The number of halogens is 1. The van der Waals surface area contributed by atoms with Gasteiger partial charge in [0.05, 0.1) is 5.69 Å². The van der Waals surface area contributed by atoms with Crippen LogP contribution in [0.2, 0.25) is 0 Å². The maximum absolute atomic E-state index is 14.4. The van der Waals surface area contributed by atoms with Gasteiger partial charge in [0.2, 0.25) is 10.9 Å². The molecule has 1 fully saturated rings. The van der Waals surface area contributed by atoms with E-state index in [1.54, 1.807) is 80.3 Å². The number of likely N-dealkylation sites (N-methyl/N-ethyl adjacent to an activating group) is 1. The van der Waals surface area contributed by atoms with Crippen LogP contribution in [0.15, 0.2) is 90.1 Å². The summed E-state index contributed by atoms with van der Waals surface area (Å²) in [5.74, 6) is -0.518. The van der Waals surface area contributed by atoms with Crippen molar-refractivity contribution in [1.82, 2.24) is 14.8 Å². The van der Waals surface area contributed by atoms with E-state index in [1.807, 2.05) is 11.0 Å². The molecule has 2 heterocycles. The molecule has 0 N–H and O–H groups in total. The van der Waals surface area contributed by atoms with Crippen LogP contribution in [0.1, 0.15) is 26.3 Å². The number of ether oxygens (including phenoxy) is 1. The number of benzene rings is 3. The monoisotopic (exact) mass is 648 g/mol. The summed E-state index contributed by atoms with van der Waals surface area (Å²) in [5.41, 5.74) is 0.387. The maximum atomic E-state index is 14.4. The molecule has 0 bridgehead atoms. The highest BCUT2D eigenvalue weighted by atomic mass is 32.2. The number of carbonyl (C=O) groups is 2. The molecule has 0 radical (unpaired) electrons. The van der Waals surface area contributed by atoms with E-state index in [2.05, 4.69) is 4.98 Å². The second-order valence-electron chi connectivity index (χ2n) is 12.1. The second-order valence-corrected chi connectivity index (χ2v) is 13.6. The van der Waals surface area contributed by atoms with Gasteiger partial charge in [-0.15, -0.1) is 0 Å². The molecule has 0 saturated carbocycles. The van der Waals surface area contributed by atoms with Gasteiger partial charge < -0.3 is 18.7 Å². The molecule has 1 aromatic heterocycles. The molecule has 12 heteroatoms. The number of pyridine rings is 1. The van der Waals surface area contributed by atoms with Crippen molar-refractivity contribution >= 4 is 38.6 Å². The highest BCUT2D eigenvalue weighted by Crippen LogP contribution is 2.26. The number of hydrogen-bond acceptors (Lipinski definition) is 8. The average molecular weight is 649 g/mol. The highest BCUT2D eigenvalue weighted by molar-refractivity contribution is 7.87. The Kier molecular flexibility index (Phi) is 9.47. The van der Waals surface area contributed by atoms with Crippen molar-refractivity contribution in [3.63, 3.8) is 0 Å². The number of rotatable bonds is 8. The number of nitrogens with zero attached hydrogens (tertiary/aromatic N) is 4.